The average Bonchev–Trinajstić information content (AvgIpc) is 2.86. The van der Waals surface area contributed by atoms with Gasteiger partial charge in [-0.1, -0.05) is 0 Å². The fourth-order valence-electron chi connectivity index (χ4n) is 3.09. The Morgan fingerprint density at radius 2 is 2.15 bits per heavy atom. The number of aromatic nitrogens is 2. The second-order valence-corrected chi connectivity index (χ2v) is 5.34. The standard InChI is InChI=1S/C14H15N5O/c20-13-7-12(9-1-4-15-5-2-9)19-14(17-13)10-3-6-16-8-11(10)18-19/h3,6-10,15H,1-2,4-5H2. The lowest BCUT2D eigenvalue weighted by Crippen LogP contribution is -2.29. The molecule has 3 aliphatic rings. The monoisotopic (exact) mass is 269 g/mol. The number of nitrogens with zero attached hydrogens (tertiary/aromatic N) is 4. The van der Waals surface area contributed by atoms with Crippen LogP contribution in [0.3, 0.4) is 0 Å². The summed E-state index contributed by atoms with van der Waals surface area (Å²) in [6.45, 7) is 1.97. The van der Waals surface area contributed by atoms with Crippen molar-refractivity contribution >= 4 is 11.9 Å². The number of aliphatic imine (C=N–C) groups is 1. The molecule has 0 saturated carbocycles. The predicted octanol–water partition coefficient (Wildman–Crippen LogP) is 0.610. The first-order valence-corrected chi connectivity index (χ1v) is 6.96. The van der Waals surface area contributed by atoms with Crippen molar-refractivity contribution in [2.75, 3.05) is 13.1 Å². The van der Waals surface area contributed by atoms with Crippen LogP contribution in [-0.4, -0.2) is 34.7 Å². The number of nitrogens with one attached hydrogen (secondary N) is 1. The molecule has 1 aromatic rings. The minimum Gasteiger partial charge on any atom is -0.317 e. The molecule has 20 heavy (non-hydrogen) atoms. The third-order valence-electron chi connectivity index (χ3n) is 4.10. The van der Waals surface area contributed by atoms with Crippen LogP contribution in [0, 0.1) is 0 Å². The number of fused-ring (bicyclic) bond motifs is 3. The molecule has 0 radical (unpaired) electrons. The van der Waals surface area contributed by atoms with Gasteiger partial charge in [-0.15, -0.1) is 0 Å². The SMILES string of the molecule is O=c1cc(C2CCNCC2)n2c(n1)C1C=CN=CC1=N2. The molecule has 102 valence electrons. The topological polar surface area (TPSA) is 71.6 Å². The Labute approximate surface area is 115 Å². The summed E-state index contributed by atoms with van der Waals surface area (Å²) in [6.07, 6.45) is 7.49. The molecule has 4 rings (SSSR count). The van der Waals surface area contributed by atoms with E-state index in [1.54, 1.807) is 18.5 Å². The summed E-state index contributed by atoms with van der Waals surface area (Å²) in [5.74, 6) is 1.07. The van der Waals surface area contributed by atoms with Crippen molar-refractivity contribution < 1.29 is 0 Å². The van der Waals surface area contributed by atoms with E-state index < -0.39 is 0 Å². The van der Waals surface area contributed by atoms with Crippen LogP contribution in [0.4, 0.5) is 0 Å². The van der Waals surface area contributed by atoms with E-state index in [9.17, 15) is 4.79 Å². The molecule has 4 heterocycles. The van der Waals surface area contributed by atoms with E-state index in [0.29, 0.717) is 5.92 Å². The molecule has 3 aliphatic heterocycles. The first-order chi connectivity index (χ1) is 9.83. The van der Waals surface area contributed by atoms with Crippen LogP contribution in [0.5, 0.6) is 0 Å². The van der Waals surface area contributed by atoms with Gasteiger partial charge in [-0.3, -0.25) is 9.79 Å². The zero-order chi connectivity index (χ0) is 13.5. The molecule has 1 unspecified atom stereocenters. The van der Waals surface area contributed by atoms with Crippen LogP contribution in [0.1, 0.15) is 36.2 Å². The van der Waals surface area contributed by atoms with Crippen molar-refractivity contribution in [3.05, 3.63) is 40.2 Å². The van der Waals surface area contributed by atoms with Crippen molar-refractivity contribution in [3.63, 3.8) is 0 Å². The molecule has 0 bridgehead atoms. The quantitative estimate of drug-likeness (QED) is 0.812. The molecule has 1 fully saturated rings. The average molecular weight is 269 g/mol. The van der Waals surface area contributed by atoms with Crippen molar-refractivity contribution in [1.29, 1.82) is 0 Å². The number of hydrogen-bond acceptors (Lipinski definition) is 5. The van der Waals surface area contributed by atoms with E-state index in [4.69, 9.17) is 0 Å². The number of hydrogen-bond donors (Lipinski definition) is 1. The number of allylic oxidation sites excluding steroid dienone is 1. The molecule has 0 aromatic carbocycles. The Balaban J connectivity index is 1.85. The molecule has 1 saturated heterocycles. The number of piperidine rings is 1. The fraction of sp³-hybridized carbons (Fsp3) is 0.429. The smallest absolute Gasteiger partial charge is 0.273 e. The molecule has 0 amide bonds. The van der Waals surface area contributed by atoms with E-state index in [2.05, 4.69) is 20.4 Å². The molecular formula is C14H15N5O. The summed E-state index contributed by atoms with van der Waals surface area (Å²) in [4.78, 5) is 20.2. The van der Waals surface area contributed by atoms with Crippen LogP contribution in [0.15, 0.2) is 33.2 Å². The minimum atomic E-state index is -0.169. The van der Waals surface area contributed by atoms with Crippen LogP contribution in [0.2, 0.25) is 0 Å². The van der Waals surface area contributed by atoms with E-state index in [0.717, 1.165) is 43.2 Å². The van der Waals surface area contributed by atoms with Crippen molar-refractivity contribution in [2.24, 2.45) is 10.1 Å². The second kappa shape index (κ2) is 4.49. The maximum Gasteiger partial charge on any atom is 0.273 e. The molecule has 1 N–H and O–H groups in total. The van der Waals surface area contributed by atoms with Gasteiger partial charge < -0.3 is 5.32 Å². The Morgan fingerprint density at radius 1 is 1.30 bits per heavy atom. The molecule has 0 spiro atoms. The molecule has 1 aromatic heterocycles. The first kappa shape index (κ1) is 11.7. The number of rotatable bonds is 1. The van der Waals surface area contributed by atoms with Gasteiger partial charge in [0.15, 0.2) is 0 Å². The van der Waals surface area contributed by atoms with E-state index in [1.165, 1.54) is 0 Å². The maximum absolute atomic E-state index is 11.9. The zero-order valence-corrected chi connectivity index (χ0v) is 11.0. The van der Waals surface area contributed by atoms with Gasteiger partial charge in [-0.05, 0) is 32.0 Å². The summed E-state index contributed by atoms with van der Waals surface area (Å²) >= 11 is 0. The third-order valence-corrected chi connectivity index (χ3v) is 4.10. The largest absolute Gasteiger partial charge is 0.317 e. The summed E-state index contributed by atoms with van der Waals surface area (Å²) in [5, 5.41) is 7.95. The summed E-state index contributed by atoms with van der Waals surface area (Å²) in [5.41, 5.74) is 1.68. The van der Waals surface area contributed by atoms with Crippen molar-refractivity contribution in [2.45, 2.75) is 24.7 Å². The van der Waals surface area contributed by atoms with Crippen molar-refractivity contribution in [3.8, 4) is 0 Å². The summed E-state index contributed by atoms with van der Waals surface area (Å²) in [7, 11) is 0. The molecular weight excluding hydrogens is 254 g/mol. The van der Waals surface area contributed by atoms with Crippen LogP contribution < -0.4 is 10.9 Å². The van der Waals surface area contributed by atoms with Crippen LogP contribution in [0.25, 0.3) is 0 Å². The van der Waals surface area contributed by atoms with Gasteiger partial charge in [0.1, 0.15) is 5.82 Å². The minimum absolute atomic E-state index is 0.0261. The zero-order valence-electron chi connectivity index (χ0n) is 11.0. The highest BCUT2D eigenvalue weighted by Crippen LogP contribution is 2.31. The Hall–Kier alpha value is -2.08. The highest BCUT2D eigenvalue weighted by molar-refractivity contribution is 6.34. The molecule has 1 atom stereocenters. The van der Waals surface area contributed by atoms with Gasteiger partial charge in [0, 0.05) is 18.2 Å². The Bertz CT molecular complexity index is 694. The van der Waals surface area contributed by atoms with Gasteiger partial charge in [0.25, 0.3) is 5.56 Å². The Morgan fingerprint density at radius 3 is 3.00 bits per heavy atom. The summed E-state index contributed by atoms with van der Waals surface area (Å²) < 4.78 is 1.86. The van der Waals surface area contributed by atoms with Gasteiger partial charge in [0.05, 0.1) is 23.5 Å². The van der Waals surface area contributed by atoms with Crippen molar-refractivity contribution in [1.82, 2.24) is 15.0 Å². The lowest BCUT2D eigenvalue weighted by molar-refractivity contribution is 0.439. The highest BCUT2D eigenvalue weighted by Gasteiger charge is 2.31. The molecule has 6 heteroatoms. The van der Waals surface area contributed by atoms with Gasteiger partial charge >= 0.3 is 0 Å². The molecule has 6 nitrogen and oxygen atoms in total. The third kappa shape index (κ3) is 1.76. The maximum atomic E-state index is 11.9. The van der Waals surface area contributed by atoms with Crippen LogP contribution >= 0.6 is 0 Å². The van der Waals surface area contributed by atoms with Gasteiger partial charge in [0.2, 0.25) is 0 Å². The van der Waals surface area contributed by atoms with E-state index in [1.807, 2.05) is 10.8 Å². The normalized spacial score (nSPS) is 24.4. The van der Waals surface area contributed by atoms with Gasteiger partial charge in [-0.2, -0.15) is 10.1 Å². The second-order valence-electron chi connectivity index (χ2n) is 5.34. The molecule has 0 aliphatic carbocycles. The lowest BCUT2D eigenvalue weighted by atomic mass is 9.94. The van der Waals surface area contributed by atoms with Crippen LogP contribution in [-0.2, 0) is 0 Å². The highest BCUT2D eigenvalue weighted by atomic mass is 16.1. The van der Waals surface area contributed by atoms with Gasteiger partial charge in [-0.25, -0.2) is 4.68 Å². The Kier molecular flexibility index (Phi) is 2.63. The predicted molar refractivity (Wildman–Crippen MR) is 76.5 cm³/mol. The lowest BCUT2D eigenvalue weighted by Gasteiger charge is -2.24. The van der Waals surface area contributed by atoms with E-state index in [-0.39, 0.29) is 11.5 Å². The fourth-order valence-corrected chi connectivity index (χ4v) is 3.09. The van der Waals surface area contributed by atoms with E-state index >= 15 is 0 Å². The summed E-state index contributed by atoms with van der Waals surface area (Å²) in [6, 6.07) is 1.64. The first-order valence-electron chi connectivity index (χ1n) is 6.96.